The molecule has 1 aliphatic rings. The van der Waals surface area contributed by atoms with Crippen molar-refractivity contribution in [1.82, 2.24) is 24.7 Å². The van der Waals surface area contributed by atoms with Gasteiger partial charge in [0, 0.05) is 13.2 Å². The molecule has 1 N–H and O–H groups in total. The minimum atomic E-state index is -0.343. The number of carbonyl (C=O) groups is 1. The van der Waals surface area contributed by atoms with Gasteiger partial charge in [-0.1, -0.05) is 6.07 Å². The fraction of sp³-hybridized carbons (Fsp3) is 0.375. The van der Waals surface area contributed by atoms with Crippen molar-refractivity contribution in [2.24, 2.45) is 0 Å². The minimum absolute atomic E-state index is 0.0688. The van der Waals surface area contributed by atoms with E-state index in [1.165, 1.54) is 10.8 Å². The number of nitrogens with zero attached hydrogens (tertiary/aromatic N) is 4. The van der Waals surface area contributed by atoms with Crippen LogP contribution in [0.15, 0.2) is 34.7 Å². The number of nitrogens with one attached hydrogen (secondary N) is 1. The molecule has 1 saturated heterocycles. The predicted molar refractivity (Wildman–Crippen MR) is 92.5 cm³/mol. The number of fused-ring (bicyclic) bond motifs is 1. The van der Waals surface area contributed by atoms with Gasteiger partial charge in [0.15, 0.2) is 0 Å². The number of hydrogen-bond acceptors (Lipinski definition) is 6. The van der Waals surface area contributed by atoms with Crippen LogP contribution in [0.4, 0.5) is 0 Å². The number of ether oxygens (including phenoxy) is 1. The molecule has 25 heavy (non-hydrogen) atoms. The minimum Gasteiger partial charge on any atom is -0.376 e. The monoisotopic (exact) mass is 359 g/mol. The van der Waals surface area contributed by atoms with Crippen molar-refractivity contribution in [3.05, 3.63) is 40.3 Å². The molecule has 1 amide bonds. The number of amides is 1. The molecule has 1 unspecified atom stereocenters. The average molecular weight is 359 g/mol. The Kier molecular flexibility index (Phi) is 4.33. The van der Waals surface area contributed by atoms with E-state index >= 15 is 0 Å². The van der Waals surface area contributed by atoms with Crippen molar-refractivity contribution in [2.75, 3.05) is 13.2 Å². The van der Waals surface area contributed by atoms with Gasteiger partial charge in [0.05, 0.1) is 11.0 Å². The van der Waals surface area contributed by atoms with Gasteiger partial charge in [-0.25, -0.2) is 9.20 Å². The quantitative estimate of drug-likeness (QED) is 0.731. The summed E-state index contributed by atoms with van der Waals surface area (Å²) in [5.41, 5.74) is 0.768. The van der Waals surface area contributed by atoms with Crippen molar-refractivity contribution in [3.8, 4) is 10.6 Å². The SMILES string of the molecule is O=C(Cn1ncn2nc(-c3cccs3)cc2c1=O)NCC1CCCO1. The molecule has 0 spiro atoms. The van der Waals surface area contributed by atoms with Crippen LogP contribution in [0.2, 0.25) is 0 Å². The first-order chi connectivity index (χ1) is 12.2. The summed E-state index contributed by atoms with van der Waals surface area (Å²) in [6.45, 7) is 1.08. The average Bonchev–Trinajstić information content (AvgIpc) is 3.36. The Morgan fingerprint density at radius 1 is 1.48 bits per heavy atom. The lowest BCUT2D eigenvalue weighted by Gasteiger charge is -2.11. The van der Waals surface area contributed by atoms with Crippen LogP contribution < -0.4 is 10.9 Å². The normalized spacial score (nSPS) is 17.2. The van der Waals surface area contributed by atoms with Gasteiger partial charge < -0.3 is 10.1 Å². The third-order valence-electron chi connectivity index (χ3n) is 4.11. The summed E-state index contributed by atoms with van der Waals surface area (Å²) in [5.74, 6) is -0.257. The van der Waals surface area contributed by atoms with E-state index in [4.69, 9.17) is 4.74 Å². The lowest BCUT2D eigenvalue weighted by molar-refractivity contribution is -0.122. The number of hydrogen-bond donors (Lipinski definition) is 1. The third kappa shape index (κ3) is 3.33. The van der Waals surface area contributed by atoms with E-state index < -0.39 is 0 Å². The molecule has 0 saturated carbocycles. The first kappa shape index (κ1) is 16.0. The highest BCUT2D eigenvalue weighted by Crippen LogP contribution is 2.23. The summed E-state index contributed by atoms with van der Waals surface area (Å²) < 4.78 is 8.06. The molecule has 0 radical (unpaired) electrons. The Balaban J connectivity index is 1.50. The molecule has 4 heterocycles. The summed E-state index contributed by atoms with van der Waals surface area (Å²) >= 11 is 1.55. The number of aromatic nitrogens is 4. The number of thiophene rings is 1. The number of rotatable bonds is 5. The van der Waals surface area contributed by atoms with Crippen LogP contribution in [0.3, 0.4) is 0 Å². The molecule has 1 atom stereocenters. The highest BCUT2D eigenvalue weighted by Gasteiger charge is 2.17. The van der Waals surface area contributed by atoms with E-state index in [9.17, 15) is 9.59 Å². The number of carbonyl (C=O) groups excluding carboxylic acids is 1. The summed E-state index contributed by atoms with van der Waals surface area (Å²) in [7, 11) is 0. The van der Waals surface area contributed by atoms with E-state index in [-0.39, 0.29) is 24.1 Å². The van der Waals surface area contributed by atoms with Crippen LogP contribution in [-0.2, 0) is 16.1 Å². The van der Waals surface area contributed by atoms with Gasteiger partial charge >= 0.3 is 0 Å². The van der Waals surface area contributed by atoms with E-state index in [1.807, 2.05) is 17.5 Å². The second-order valence-corrected chi connectivity index (χ2v) is 6.82. The molecule has 4 rings (SSSR count). The molecule has 3 aromatic rings. The van der Waals surface area contributed by atoms with E-state index in [1.54, 1.807) is 17.4 Å². The van der Waals surface area contributed by atoms with E-state index in [0.717, 1.165) is 34.7 Å². The fourth-order valence-electron chi connectivity index (χ4n) is 2.82. The first-order valence-electron chi connectivity index (χ1n) is 8.08. The Bertz CT molecular complexity index is 940. The van der Waals surface area contributed by atoms with Gasteiger partial charge in [-0.3, -0.25) is 9.59 Å². The first-order valence-corrected chi connectivity index (χ1v) is 8.96. The zero-order chi connectivity index (χ0) is 17.2. The Morgan fingerprint density at radius 3 is 3.16 bits per heavy atom. The largest absolute Gasteiger partial charge is 0.376 e. The van der Waals surface area contributed by atoms with Gasteiger partial charge in [-0.2, -0.15) is 10.2 Å². The second kappa shape index (κ2) is 6.77. The van der Waals surface area contributed by atoms with Crippen LogP contribution in [-0.4, -0.2) is 44.6 Å². The zero-order valence-corrected chi connectivity index (χ0v) is 14.2. The summed E-state index contributed by atoms with van der Waals surface area (Å²) in [5, 5.41) is 13.1. The van der Waals surface area contributed by atoms with Gasteiger partial charge in [0.2, 0.25) is 5.91 Å². The lowest BCUT2D eigenvalue weighted by atomic mass is 10.2. The smallest absolute Gasteiger partial charge is 0.293 e. The van der Waals surface area contributed by atoms with Gasteiger partial charge in [0.25, 0.3) is 5.56 Å². The van der Waals surface area contributed by atoms with Crippen molar-refractivity contribution < 1.29 is 9.53 Å². The fourth-order valence-corrected chi connectivity index (χ4v) is 3.50. The highest BCUT2D eigenvalue weighted by atomic mass is 32.1. The second-order valence-electron chi connectivity index (χ2n) is 5.87. The standard InChI is InChI=1S/C16H17N5O3S/c22-15(17-8-11-3-1-5-24-11)9-20-16(23)13-7-12(14-4-2-6-25-14)19-21(13)10-18-20/h2,4,6-7,10-11H,1,3,5,8-9H2,(H,17,22). The molecule has 3 aromatic heterocycles. The molecule has 0 aliphatic carbocycles. The maximum atomic E-state index is 12.5. The molecule has 8 nitrogen and oxygen atoms in total. The maximum Gasteiger partial charge on any atom is 0.293 e. The van der Waals surface area contributed by atoms with E-state index in [0.29, 0.717) is 12.1 Å². The lowest BCUT2D eigenvalue weighted by Crippen LogP contribution is -2.37. The summed E-state index contributed by atoms with van der Waals surface area (Å²) in [6, 6.07) is 5.59. The van der Waals surface area contributed by atoms with Crippen LogP contribution in [0, 0.1) is 0 Å². The molecular weight excluding hydrogens is 342 g/mol. The van der Waals surface area contributed by atoms with Crippen LogP contribution in [0.5, 0.6) is 0 Å². The molecular formula is C16H17N5O3S. The summed E-state index contributed by atoms with van der Waals surface area (Å²) in [4.78, 5) is 25.6. The van der Waals surface area contributed by atoms with Gasteiger partial charge in [-0.15, -0.1) is 11.3 Å². The predicted octanol–water partition coefficient (Wildman–Crippen LogP) is 0.915. The Labute approximate surface area is 147 Å². The molecule has 0 bridgehead atoms. The van der Waals surface area contributed by atoms with Gasteiger partial charge in [0.1, 0.15) is 24.1 Å². The zero-order valence-electron chi connectivity index (χ0n) is 13.4. The molecule has 0 aromatic carbocycles. The van der Waals surface area contributed by atoms with Crippen molar-refractivity contribution in [3.63, 3.8) is 0 Å². The third-order valence-corrected chi connectivity index (χ3v) is 5.00. The van der Waals surface area contributed by atoms with Crippen LogP contribution in [0.1, 0.15) is 12.8 Å². The maximum absolute atomic E-state index is 12.5. The molecule has 130 valence electrons. The highest BCUT2D eigenvalue weighted by molar-refractivity contribution is 7.13. The molecule has 9 heteroatoms. The van der Waals surface area contributed by atoms with Crippen LogP contribution >= 0.6 is 11.3 Å². The molecule has 1 fully saturated rings. The molecule has 1 aliphatic heterocycles. The van der Waals surface area contributed by atoms with Crippen molar-refractivity contribution in [1.29, 1.82) is 0 Å². The van der Waals surface area contributed by atoms with Crippen molar-refractivity contribution in [2.45, 2.75) is 25.5 Å². The van der Waals surface area contributed by atoms with E-state index in [2.05, 4.69) is 15.5 Å². The summed E-state index contributed by atoms with van der Waals surface area (Å²) in [6.07, 6.45) is 3.48. The van der Waals surface area contributed by atoms with Crippen molar-refractivity contribution >= 4 is 22.8 Å². The topological polar surface area (TPSA) is 90.5 Å². The van der Waals surface area contributed by atoms with Gasteiger partial charge in [-0.05, 0) is 30.4 Å². The Morgan fingerprint density at radius 2 is 2.40 bits per heavy atom. The van der Waals surface area contributed by atoms with Crippen LogP contribution in [0.25, 0.3) is 16.1 Å². The Hall–Kier alpha value is -2.52.